The van der Waals surface area contributed by atoms with Crippen molar-refractivity contribution in [1.29, 1.82) is 0 Å². The summed E-state index contributed by atoms with van der Waals surface area (Å²) in [5, 5.41) is 7.74. The summed E-state index contributed by atoms with van der Waals surface area (Å²) in [6.07, 6.45) is 6.79. The largest absolute Gasteiger partial charge is 0.364 e. The summed E-state index contributed by atoms with van der Waals surface area (Å²) < 4.78 is 4.94. The smallest absolute Gasteiger partial charge is 0.193 e. The summed E-state index contributed by atoms with van der Waals surface area (Å²) in [6, 6.07) is 13.0. The van der Waals surface area contributed by atoms with Gasteiger partial charge in [-0.15, -0.1) is 0 Å². The van der Waals surface area contributed by atoms with Crippen LogP contribution in [0.25, 0.3) is 0 Å². The monoisotopic (exact) mass is 381 g/mol. The van der Waals surface area contributed by atoms with Crippen molar-refractivity contribution in [2.45, 2.75) is 37.6 Å². The molecule has 0 radical (unpaired) electrons. The molecule has 1 aliphatic heterocycles. The van der Waals surface area contributed by atoms with E-state index in [2.05, 4.69) is 55.6 Å². The molecule has 1 aliphatic carbocycles. The Morgan fingerprint density at radius 3 is 2.50 bits per heavy atom. The second-order valence-electron chi connectivity index (χ2n) is 8.01. The molecule has 6 heteroatoms. The Bertz CT molecular complexity index is 744. The molecule has 150 valence electrons. The number of hydrogen-bond acceptors (Lipinski definition) is 4. The highest BCUT2D eigenvalue weighted by molar-refractivity contribution is 5.80. The van der Waals surface area contributed by atoms with Crippen LogP contribution in [0.5, 0.6) is 0 Å². The molecule has 6 nitrogen and oxygen atoms in total. The zero-order chi connectivity index (χ0) is 19.2. The minimum Gasteiger partial charge on any atom is -0.364 e. The highest BCUT2D eigenvalue weighted by atomic mass is 16.5. The van der Waals surface area contributed by atoms with Crippen LogP contribution in [0.4, 0.5) is 0 Å². The lowest BCUT2D eigenvalue weighted by Gasteiger charge is -2.38. The Labute approximate surface area is 167 Å². The number of rotatable bonds is 5. The third-order valence-corrected chi connectivity index (χ3v) is 6.29. The van der Waals surface area contributed by atoms with Gasteiger partial charge in [0.25, 0.3) is 0 Å². The highest BCUT2D eigenvalue weighted by Crippen LogP contribution is 2.40. The van der Waals surface area contributed by atoms with Crippen LogP contribution in [0, 0.1) is 0 Å². The van der Waals surface area contributed by atoms with E-state index in [9.17, 15) is 0 Å². The molecule has 1 N–H and O–H groups in total. The number of piperazine rings is 1. The van der Waals surface area contributed by atoms with E-state index in [1.165, 1.54) is 31.2 Å². The van der Waals surface area contributed by atoms with Gasteiger partial charge in [0.2, 0.25) is 0 Å². The predicted octanol–water partition coefficient (Wildman–Crippen LogP) is 2.88. The van der Waals surface area contributed by atoms with Gasteiger partial charge >= 0.3 is 0 Å². The van der Waals surface area contributed by atoms with Crippen molar-refractivity contribution in [3.05, 3.63) is 53.9 Å². The van der Waals surface area contributed by atoms with E-state index < -0.39 is 0 Å². The van der Waals surface area contributed by atoms with Gasteiger partial charge in [-0.25, -0.2) is 0 Å². The summed E-state index contributed by atoms with van der Waals surface area (Å²) in [5.41, 5.74) is 2.71. The molecule has 2 aliphatic rings. The van der Waals surface area contributed by atoms with Crippen LogP contribution in [-0.2, 0) is 12.0 Å². The van der Waals surface area contributed by atoms with Crippen LogP contribution in [-0.4, -0.2) is 60.7 Å². The van der Waals surface area contributed by atoms with Gasteiger partial charge in [0.1, 0.15) is 6.26 Å². The minimum atomic E-state index is 0.242. The molecule has 1 saturated carbocycles. The van der Waals surface area contributed by atoms with Crippen molar-refractivity contribution in [3.8, 4) is 0 Å². The molecule has 28 heavy (non-hydrogen) atoms. The summed E-state index contributed by atoms with van der Waals surface area (Å²) in [7, 11) is 1.90. The highest BCUT2D eigenvalue weighted by Gasteiger charge is 2.36. The fourth-order valence-corrected chi connectivity index (χ4v) is 4.66. The Balaban J connectivity index is 1.33. The minimum absolute atomic E-state index is 0.242. The van der Waals surface area contributed by atoms with Crippen LogP contribution in [0.2, 0.25) is 0 Å². The maximum absolute atomic E-state index is 4.94. The van der Waals surface area contributed by atoms with E-state index >= 15 is 0 Å². The maximum Gasteiger partial charge on any atom is 0.193 e. The zero-order valence-corrected chi connectivity index (χ0v) is 16.8. The SMILES string of the molecule is CN=C(NCC1(c2ccccc2)CCCC1)N1CCN(Cc2ccon2)CC1. The molecule has 1 aromatic carbocycles. The van der Waals surface area contributed by atoms with Crippen molar-refractivity contribution in [1.82, 2.24) is 20.3 Å². The molecular weight excluding hydrogens is 350 g/mol. The lowest BCUT2D eigenvalue weighted by Crippen LogP contribution is -2.53. The third-order valence-electron chi connectivity index (χ3n) is 6.29. The number of guanidine groups is 1. The van der Waals surface area contributed by atoms with E-state index in [1.807, 2.05) is 13.1 Å². The molecular formula is C22H31N5O. The molecule has 4 rings (SSSR count). The second-order valence-corrected chi connectivity index (χ2v) is 8.01. The summed E-state index contributed by atoms with van der Waals surface area (Å²) in [6.45, 7) is 5.80. The predicted molar refractivity (Wildman–Crippen MR) is 111 cm³/mol. The number of benzene rings is 1. The first-order valence-electron chi connectivity index (χ1n) is 10.4. The van der Waals surface area contributed by atoms with Crippen LogP contribution < -0.4 is 5.32 Å². The first kappa shape index (κ1) is 19.0. The van der Waals surface area contributed by atoms with Gasteiger partial charge in [0.15, 0.2) is 5.96 Å². The number of aromatic nitrogens is 1. The van der Waals surface area contributed by atoms with Gasteiger partial charge in [-0.3, -0.25) is 9.89 Å². The van der Waals surface area contributed by atoms with Gasteiger partial charge in [0, 0.05) is 57.8 Å². The van der Waals surface area contributed by atoms with E-state index in [1.54, 1.807) is 6.26 Å². The Kier molecular flexibility index (Phi) is 5.95. The summed E-state index contributed by atoms with van der Waals surface area (Å²) in [4.78, 5) is 9.39. The molecule has 1 saturated heterocycles. The average Bonchev–Trinajstić information content (AvgIpc) is 3.43. The summed E-state index contributed by atoms with van der Waals surface area (Å²) >= 11 is 0. The van der Waals surface area contributed by atoms with Gasteiger partial charge in [0.05, 0.1) is 5.69 Å². The van der Waals surface area contributed by atoms with E-state index in [0.29, 0.717) is 0 Å². The molecule has 2 aromatic rings. The fourth-order valence-electron chi connectivity index (χ4n) is 4.66. The number of aliphatic imine (C=N–C) groups is 1. The van der Waals surface area contributed by atoms with Crippen molar-refractivity contribution in [2.75, 3.05) is 39.8 Å². The van der Waals surface area contributed by atoms with Crippen LogP contribution in [0.1, 0.15) is 36.9 Å². The van der Waals surface area contributed by atoms with Gasteiger partial charge in [-0.1, -0.05) is 48.3 Å². The standard InChI is InChI=1S/C22H31N5O/c1-23-21(27-14-12-26(13-15-27)17-20-9-16-28-25-20)24-18-22(10-5-6-11-22)19-7-3-2-4-8-19/h2-4,7-9,16H,5-6,10-15,17-18H2,1H3,(H,23,24). The van der Waals surface area contributed by atoms with Crippen molar-refractivity contribution >= 4 is 5.96 Å². The second kappa shape index (κ2) is 8.78. The lowest BCUT2D eigenvalue weighted by atomic mass is 9.79. The molecule has 2 fully saturated rings. The van der Waals surface area contributed by atoms with Crippen molar-refractivity contribution in [2.24, 2.45) is 4.99 Å². The first-order chi connectivity index (χ1) is 13.8. The van der Waals surface area contributed by atoms with Crippen LogP contribution >= 0.6 is 0 Å². The van der Waals surface area contributed by atoms with Gasteiger partial charge in [-0.2, -0.15) is 0 Å². The van der Waals surface area contributed by atoms with Gasteiger partial charge in [-0.05, 0) is 18.4 Å². The lowest BCUT2D eigenvalue weighted by molar-refractivity contribution is 0.168. The molecule has 0 atom stereocenters. The Morgan fingerprint density at radius 1 is 1.11 bits per heavy atom. The van der Waals surface area contributed by atoms with Crippen molar-refractivity contribution in [3.63, 3.8) is 0 Å². The molecule has 0 bridgehead atoms. The van der Waals surface area contributed by atoms with Gasteiger partial charge < -0.3 is 14.7 Å². The average molecular weight is 382 g/mol. The topological polar surface area (TPSA) is 56.9 Å². The molecule has 0 unspecified atom stereocenters. The zero-order valence-electron chi connectivity index (χ0n) is 16.8. The molecule has 0 spiro atoms. The molecule has 2 heterocycles. The number of hydrogen-bond donors (Lipinski definition) is 1. The maximum atomic E-state index is 4.94. The van der Waals surface area contributed by atoms with Crippen LogP contribution in [0.3, 0.4) is 0 Å². The first-order valence-corrected chi connectivity index (χ1v) is 10.4. The third kappa shape index (κ3) is 4.22. The molecule has 1 aromatic heterocycles. The fraction of sp³-hybridized carbons (Fsp3) is 0.545. The Morgan fingerprint density at radius 2 is 1.86 bits per heavy atom. The van der Waals surface area contributed by atoms with Crippen LogP contribution in [0.15, 0.2) is 52.2 Å². The van der Waals surface area contributed by atoms with E-state index in [0.717, 1.165) is 50.9 Å². The number of nitrogens with one attached hydrogen (secondary N) is 1. The Hall–Kier alpha value is -2.34. The normalized spacial score (nSPS) is 20.5. The molecule has 0 amide bonds. The van der Waals surface area contributed by atoms with E-state index in [4.69, 9.17) is 4.52 Å². The van der Waals surface area contributed by atoms with E-state index in [-0.39, 0.29) is 5.41 Å². The van der Waals surface area contributed by atoms with Crippen molar-refractivity contribution < 1.29 is 4.52 Å². The quantitative estimate of drug-likeness (QED) is 0.638. The summed E-state index contributed by atoms with van der Waals surface area (Å²) in [5.74, 6) is 1.03. The number of nitrogens with zero attached hydrogens (tertiary/aromatic N) is 4.